The first-order valence-corrected chi connectivity index (χ1v) is 6.37. The van der Waals surface area contributed by atoms with Crippen LogP contribution in [0.15, 0.2) is 18.2 Å². The van der Waals surface area contributed by atoms with Crippen molar-refractivity contribution in [2.75, 3.05) is 25.6 Å². The molecular formula is C14H23NO3. The molecular weight excluding hydrogens is 230 g/mol. The second-order valence-corrected chi connectivity index (χ2v) is 4.08. The lowest BCUT2D eigenvalue weighted by molar-refractivity contribution is -0.0122. The van der Waals surface area contributed by atoms with E-state index in [0.29, 0.717) is 26.4 Å². The molecule has 0 bridgehead atoms. The van der Waals surface area contributed by atoms with E-state index < -0.39 is 0 Å². The highest BCUT2D eigenvalue weighted by Gasteiger charge is 2.07. The van der Waals surface area contributed by atoms with Crippen molar-refractivity contribution in [3.8, 4) is 5.75 Å². The Kier molecular flexibility index (Phi) is 6.54. The average molecular weight is 253 g/mol. The minimum Gasteiger partial charge on any atom is -0.494 e. The van der Waals surface area contributed by atoms with Crippen LogP contribution >= 0.6 is 0 Å². The maximum atomic E-state index is 5.77. The summed E-state index contributed by atoms with van der Waals surface area (Å²) in [4.78, 5) is 0. The van der Waals surface area contributed by atoms with E-state index in [4.69, 9.17) is 19.9 Å². The van der Waals surface area contributed by atoms with E-state index in [1.165, 1.54) is 0 Å². The topological polar surface area (TPSA) is 53.7 Å². The zero-order chi connectivity index (χ0) is 13.4. The van der Waals surface area contributed by atoms with Crippen LogP contribution in [-0.2, 0) is 16.1 Å². The second-order valence-electron chi connectivity index (χ2n) is 4.08. The van der Waals surface area contributed by atoms with Crippen molar-refractivity contribution in [2.24, 2.45) is 0 Å². The van der Waals surface area contributed by atoms with Gasteiger partial charge in [-0.05, 0) is 39.0 Å². The van der Waals surface area contributed by atoms with Crippen LogP contribution in [0.2, 0.25) is 0 Å². The molecule has 0 aromatic heterocycles. The molecule has 0 aliphatic carbocycles. The summed E-state index contributed by atoms with van der Waals surface area (Å²) in [5, 5.41) is 0. The van der Waals surface area contributed by atoms with Crippen molar-refractivity contribution >= 4 is 5.69 Å². The van der Waals surface area contributed by atoms with Gasteiger partial charge in [-0.15, -0.1) is 0 Å². The van der Waals surface area contributed by atoms with Crippen molar-refractivity contribution < 1.29 is 14.2 Å². The number of anilines is 1. The molecule has 1 rings (SSSR count). The zero-order valence-corrected chi connectivity index (χ0v) is 11.4. The molecule has 1 atom stereocenters. The van der Waals surface area contributed by atoms with Crippen LogP contribution in [0.25, 0.3) is 0 Å². The predicted molar refractivity (Wildman–Crippen MR) is 72.8 cm³/mol. The molecule has 1 unspecified atom stereocenters. The summed E-state index contributed by atoms with van der Waals surface area (Å²) in [6, 6.07) is 5.60. The van der Waals surface area contributed by atoms with E-state index in [9.17, 15) is 0 Å². The first-order chi connectivity index (χ1) is 8.67. The molecule has 0 fully saturated rings. The lowest BCUT2D eigenvalue weighted by Gasteiger charge is -2.15. The number of hydrogen-bond acceptors (Lipinski definition) is 4. The van der Waals surface area contributed by atoms with E-state index in [1.807, 2.05) is 39.0 Å². The van der Waals surface area contributed by atoms with Gasteiger partial charge in [-0.2, -0.15) is 0 Å². The fraction of sp³-hybridized carbons (Fsp3) is 0.571. The summed E-state index contributed by atoms with van der Waals surface area (Å²) >= 11 is 0. The Morgan fingerprint density at radius 1 is 1.22 bits per heavy atom. The van der Waals surface area contributed by atoms with Gasteiger partial charge in [-0.1, -0.05) is 0 Å². The number of ether oxygens (including phenoxy) is 3. The first kappa shape index (κ1) is 14.8. The minimum atomic E-state index is 0.0563. The van der Waals surface area contributed by atoms with Crippen LogP contribution in [0.5, 0.6) is 5.75 Å². The highest BCUT2D eigenvalue weighted by molar-refractivity contribution is 5.47. The third-order valence-electron chi connectivity index (χ3n) is 2.46. The molecule has 1 aromatic rings. The molecule has 102 valence electrons. The first-order valence-electron chi connectivity index (χ1n) is 6.37. The van der Waals surface area contributed by atoms with Crippen molar-refractivity contribution in [3.05, 3.63) is 23.8 Å². The van der Waals surface area contributed by atoms with Crippen LogP contribution in [0.1, 0.15) is 26.3 Å². The average Bonchev–Trinajstić information content (AvgIpc) is 2.36. The Morgan fingerprint density at radius 2 is 2.00 bits per heavy atom. The molecule has 0 heterocycles. The molecule has 0 spiro atoms. The monoisotopic (exact) mass is 253 g/mol. The SMILES string of the molecule is CCOCC(C)OCc1cc(N)ccc1OCC. The molecule has 4 nitrogen and oxygen atoms in total. The van der Waals surface area contributed by atoms with Crippen LogP contribution in [0, 0.1) is 0 Å². The standard InChI is InChI=1S/C14H23NO3/c1-4-16-9-11(3)18-10-12-8-13(15)6-7-14(12)17-5-2/h6-8,11H,4-5,9-10,15H2,1-3H3. The fourth-order valence-electron chi connectivity index (χ4n) is 1.57. The zero-order valence-electron chi connectivity index (χ0n) is 11.4. The quantitative estimate of drug-likeness (QED) is 0.724. The number of hydrogen-bond donors (Lipinski definition) is 1. The Bertz CT molecular complexity index is 355. The number of nitrogens with two attached hydrogens (primary N) is 1. The van der Waals surface area contributed by atoms with Crippen molar-refractivity contribution in [3.63, 3.8) is 0 Å². The summed E-state index contributed by atoms with van der Waals surface area (Å²) < 4.78 is 16.6. The van der Waals surface area contributed by atoms with E-state index in [0.717, 1.165) is 17.0 Å². The lowest BCUT2D eigenvalue weighted by atomic mass is 10.2. The summed E-state index contributed by atoms with van der Waals surface area (Å²) in [5.74, 6) is 0.829. The van der Waals surface area contributed by atoms with Crippen molar-refractivity contribution in [1.82, 2.24) is 0 Å². The van der Waals surface area contributed by atoms with Gasteiger partial charge >= 0.3 is 0 Å². The number of benzene rings is 1. The smallest absolute Gasteiger partial charge is 0.124 e. The fourth-order valence-corrected chi connectivity index (χ4v) is 1.57. The van der Waals surface area contributed by atoms with Gasteiger partial charge in [0.15, 0.2) is 0 Å². The highest BCUT2D eigenvalue weighted by atomic mass is 16.5. The molecule has 0 saturated carbocycles. The predicted octanol–water partition coefficient (Wildman–Crippen LogP) is 2.61. The molecule has 0 radical (unpaired) electrons. The second kappa shape index (κ2) is 7.95. The maximum absolute atomic E-state index is 5.77. The van der Waals surface area contributed by atoms with Gasteiger partial charge in [0.1, 0.15) is 5.75 Å². The summed E-state index contributed by atoms with van der Waals surface area (Å²) in [5.41, 5.74) is 7.46. The molecule has 0 aliphatic heterocycles. The number of nitrogen functional groups attached to an aromatic ring is 1. The minimum absolute atomic E-state index is 0.0563. The molecule has 0 amide bonds. The van der Waals surface area contributed by atoms with E-state index in [1.54, 1.807) is 0 Å². The maximum Gasteiger partial charge on any atom is 0.124 e. The Morgan fingerprint density at radius 3 is 2.67 bits per heavy atom. The van der Waals surface area contributed by atoms with Gasteiger partial charge in [-0.25, -0.2) is 0 Å². The molecule has 0 aliphatic rings. The Balaban J connectivity index is 2.56. The van der Waals surface area contributed by atoms with Crippen molar-refractivity contribution in [2.45, 2.75) is 33.5 Å². The molecule has 2 N–H and O–H groups in total. The number of rotatable bonds is 8. The Hall–Kier alpha value is -1.26. The third kappa shape index (κ3) is 4.94. The third-order valence-corrected chi connectivity index (χ3v) is 2.46. The summed E-state index contributed by atoms with van der Waals surface area (Å²) in [6.07, 6.45) is 0.0563. The van der Waals surface area contributed by atoms with Gasteiger partial charge in [0, 0.05) is 17.9 Å². The van der Waals surface area contributed by atoms with Crippen LogP contribution in [-0.4, -0.2) is 25.9 Å². The molecule has 1 aromatic carbocycles. The van der Waals surface area contributed by atoms with E-state index in [2.05, 4.69) is 0 Å². The van der Waals surface area contributed by atoms with Crippen LogP contribution in [0.3, 0.4) is 0 Å². The van der Waals surface area contributed by atoms with Gasteiger partial charge in [0.05, 0.1) is 25.9 Å². The van der Waals surface area contributed by atoms with Gasteiger partial charge in [0.2, 0.25) is 0 Å². The van der Waals surface area contributed by atoms with Crippen molar-refractivity contribution in [1.29, 1.82) is 0 Å². The summed E-state index contributed by atoms with van der Waals surface area (Å²) in [7, 11) is 0. The highest BCUT2D eigenvalue weighted by Crippen LogP contribution is 2.22. The van der Waals surface area contributed by atoms with Gasteiger partial charge < -0.3 is 19.9 Å². The normalized spacial score (nSPS) is 12.4. The summed E-state index contributed by atoms with van der Waals surface area (Å²) in [6.45, 7) is 8.33. The van der Waals surface area contributed by atoms with Gasteiger partial charge in [-0.3, -0.25) is 0 Å². The van der Waals surface area contributed by atoms with Gasteiger partial charge in [0.25, 0.3) is 0 Å². The van der Waals surface area contributed by atoms with Crippen LogP contribution < -0.4 is 10.5 Å². The van der Waals surface area contributed by atoms with E-state index in [-0.39, 0.29) is 6.10 Å². The Labute approximate surface area is 109 Å². The van der Waals surface area contributed by atoms with Crippen LogP contribution in [0.4, 0.5) is 5.69 Å². The largest absolute Gasteiger partial charge is 0.494 e. The molecule has 18 heavy (non-hydrogen) atoms. The lowest BCUT2D eigenvalue weighted by Crippen LogP contribution is -2.16. The molecule has 0 saturated heterocycles. The molecule has 4 heteroatoms. The van der Waals surface area contributed by atoms with E-state index >= 15 is 0 Å².